The highest BCUT2D eigenvalue weighted by Crippen LogP contribution is 2.28. The van der Waals surface area contributed by atoms with Crippen molar-refractivity contribution in [3.8, 4) is 12.1 Å². The van der Waals surface area contributed by atoms with Crippen LogP contribution in [0.15, 0.2) is 12.1 Å². The minimum atomic E-state index is -0.859. The van der Waals surface area contributed by atoms with Crippen molar-refractivity contribution in [3.05, 3.63) is 43.5 Å². The van der Waals surface area contributed by atoms with Gasteiger partial charge in [0, 0.05) is 11.6 Å². The van der Waals surface area contributed by atoms with Crippen LogP contribution in [0.1, 0.15) is 15.9 Å². The molecule has 22 heavy (non-hydrogen) atoms. The summed E-state index contributed by atoms with van der Waals surface area (Å²) in [6.45, 7) is 0.441. The van der Waals surface area contributed by atoms with Gasteiger partial charge in [0.15, 0.2) is 0 Å². The van der Waals surface area contributed by atoms with Crippen LogP contribution in [0, 0.1) is 49.8 Å². The SMILES string of the molecule is Cc1c(C(=O)N(CC#N)CC#N)cc([N+](=O)[O-])cc1[N+](=O)[O-]. The standard InChI is InChI=1S/C12H9N5O5/c1-8-10(12(18)15(4-2-13)5-3-14)6-9(16(19)20)7-11(8)17(21)22/h6-7H,4-5H2,1H3. The molecule has 0 saturated carbocycles. The second-order valence-corrected chi connectivity index (χ2v) is 4.13. The number of carbonyl (C=O) groups is 1. The summed E-state index contributed by atoms with van der Waals surface area (Å²) in [5.74, 6) is -0.854. The summed E-state index contributed by atoms with van der Waals surface area (Å²) < 4.78 is 0. The van der Waals surface area contributed by atoms with Gasteiger partial charge in [-0.05, 0) is 6.92 Å². The molecule has 10 nitrogen and oxygen atoms in total. The Hall–Kier alpha value is -3.53. The smallest absolute Gasteiger partial charge is 0.279 e. The molecule has 10 heteroatoms. The van der Waals surface area contributed by atoms with Gasteiger partial charge in [-0.25, -0.2) is 0 Å². The van der Waals surface area contributed by atoms with E-state index in [0.29, 0.717) is 0 Å². The molecule has 0 saturated heterocycles. The van der Waals surface area contributed by atoms with Crippen molar-refractivity contribution in [1.82, 2.24) is 4.90 Å². The van der Waals surface area contributed by atoms with Gasteiger partial charge in [0.05, 0.1) is 33.6 Å². The molecule has 0 unspecified atom stereocenters. The van der Waals surface area contributed by atoms with E-state index >= 15 is 0 Å². The third-order valence-corrected chi connectivity index (χ3v) is 2.81. The monoisotopic (exact) mass is 303 g/mol. The summed E-state index contributed by atoms with van der Waals surface area (Å²) in [4.78, 5) is 33.2. The molecule has 0 fully saturated rings. The molecule has 0 bridgehead atoms. The Morgan fingerprint density at radius 3 is 2.14 bits per heavy atom. The number of nitriles is 2. The number of nitro groups is 2. The maximum atomic E-state index is 12.3. The van der Waals surface area contributed by atoms with Gasteiger partial charge in [-0.3, -0.25) is 25.0 Å². The summed E-state index contributed by atoms with van der Waals surface area (Å²) in [6.07, 6.45) is 0. The van der Waals surface area contributed by atoms with Crippen LogP contribution in [-0.4, -0.2) is 33.7 Å². The minimum absolute atomic E-state index is 0.0681. The topological polar surface area (TPSA) is 154 Å². The van der Waals surface area contributed by atoms with Crippen LogP contribution in [0.2, 0.25) is 0 Å². The largest absolute Gasteiger partial charge is 0.312 e. The highest BCUT2D eigenvalue weighted by molar-refractivity contribution is 5.97. The predicted octanol–water partition coefficient (Wildman–Crippen LogP) is 1.30. The number of nitro benzene ring substituents is 2. The molecule has 0 aliphatic heterocycles. The lowest BCUT2D eigenvalue weighted by molar-refractivity contribution is -0.394. The summed E-state index contributed by atoms with van der Waals surface area (Å²) in [5, 5.41) is 39.1. The first-order valence-electron chi connectivity index (χ1n) is 5.80. The van der Waals surface area contributed by atoms with E-state index in [0.717, 1.165) is 17.0 Å². The van der Waals surface area contributed by atoms with E-state index in [1.807, 2.05) is 0 Å². The Morgan fingerprint density at radius 2 is 1.73 bits per heavy atom. The molecule has 0 atom stereocenters. The van der Waals surface area contributed by atoms with Crippen LogP contribution in [0.3, 0.4) is 0 Å². The molecule has 1 aromatic rings. The van der Waals surface area contributed by atoms with Gasteiger partial charge in [0.25, 0.3) is 17.3 Å². The predicted molar refractivity (Wildman–Crippen MR) is 71.6 cm³/mol. The van der Waals surface area contributed by atoms with Gasteiger partial charge in [-0.2, -0.15) is 10.5 Å². The molecule has 1 aromatic carbocycles. The van der Waals surface area contributed by atoms with E-state index in [9.17, 15) is 25.0 Å². The number of benzene rings is 1. The Kier molecular flexibility index (Phi) is 5.08. The molecule has 1 rings (SSSR count). The van der Waals surface area contributed by atoms with Crippen molar-refractivity contribution in [1.29, 1.82) is 10.5 Å². The van der Waals surface area contributed by atoms with E-state index < -0.39 is 40.2 Å². The van der Waals surface area contributed by atoms with Crippen molar-refractivity contribution in [2.45, 2.75) is 6.92 Å². The zero-order valence-electron chi connectivity index (χ0n) is 11.3. The molecule has 0 heterocycles. The van der Waals surface area contributed by atoms with E-state index in [1.54, 1.807) is 12.1 Å². The molecular formula is C12H9N5O5. The number of non-ortho nitro benzene ring substituents is 1. The summed E-state index contributed by atoms with van der Waals surface area (Å²) >= 11 is 0. The summed E-state index contributed by atoms with van der Waals surface area (Å²) in [6, 6.07) is 5.02. The van der Waals surface area contributed by atoms with Crippen molar-refractivity contribution >= 4 is 17.3 Å². The fourth-order valence-electron chi connectivity index (χ4n) is 1.74. The average Bonchev–Trinajstić information content (AvgIpc) is 2.46. The number of hydrogen-bond donors (Lipinski definition) is 0. The Bertz CT molecular complexity index is 715. The molecule has 0 spiro atoms. The van der Waals surface area contributed by atoms with Crippen LogP contribution >= 0.6 is 0 Å². The molecule has 0 aliphatic carbocycles. The number of rotatable bonds is 5. The average molecular weight is 303 g/mol. The summed E-state index contributed by atoms with van der Waals surface area (Å²) in [5.41, 5.74) is -1.55. The van der Waals surface area contributed by atoms with Gasteiger partial charge < -0.3 is 4.90 Å². The Balaban J connectivity index is 3.48. The molecule has 0 aliphatic rings. The van der Waals surface area contributed by atoms with Gasteiger partial charge in [-0.1, -0.05) is 0 Å². The van der Waals surface area contributed by atoms with E-state index in [-0.39, 0.29) is 11.1 Å². The van der Waals surface area contributed by atoms with Gasteiger partial charge >= 0.3 is 0 Å². The first-order valence-corrected chi connectivity index (χ1v) is 5.80. The number of nitrogens with zero attached hydrogens (tertiary/aromatic N) is 5. The van der Waals surface area contributed by atoms with Crippen molar-refractivity contribution in [2.75, 3.05) is 13.1 Å². The second kappa shape index (κ2) is 6.76. The molecule has 0 N–H and O–H groups in total. The van der Waals surface area contributed by atoms with Gasteiger partial charge in [0.2, 0.25) is 0 Å². The van der Waals surface area contributed by atoms with E-state index in [1.165, 1.54) is 6.92 Å². The Labute approximate surface area is 124 Å². The third-order valence-electron chi connectivity index (χ3n) is 2.81. The molecule has 0 radical (unpaired) electrons. The fraction of sp³-hybridized carbons (Fsp3) is 0.250. The maximum absolute atomic E-state index is 12.3. The Morgan fingerprint density at radius 1 is 1.18 bits per heavy atom. The first kappa shape index (κ1) is 16.5. The number of carbonyl (C=O) groups excluding carboxylic acids is 1. The maximum Gasteiger partial charge on any atom is 0.279 e. The van der Waals surface area contributed by atoms with E-state index in [2.05, 4.69) is 0 Å². The van der Waals surface area contributed by atoms with Gasteiger partial charge in [0.1, 0.15) is 13.1 Å². The number of hydrogen-bond acceptors (Lipinski definition) is 7. The quantitative estimate of drug-likeness (QED) is 0.451. The zero-order chi connectivity index (χ0) is 16.9. The van der Waals surface area contributed by atoms with E-state index in [4.69, 9.17) is 10.5 Å². The highest BCUT2D eigenvalue weighted by atomic mass is 16.6. The van der Waals surface area contributed by atoms with Crippen LogP contribution in [0.4, 0.5) is 11.4 Å². The lowest BCUT2D eigenvalue weighted by Crippen LogP contribution is -2.32. The lowest BCUT2D eigenvalue weighted by Gasteiger charge is -2.16. The lowest BCUT2D eigenvalue weighted by atomic mass is 10.0. The zero-order valence-corrected chi connectivity index (χ0v) is 11.3. The van der Waals surface area contributed by atoms with Crippen LogP contribution in [0.25, 0.3) is 0 Å². The number of amides is 1. The van der Waals surface area contributed by atoms with Crippen molar-refractivity contribution in [3.63, 3.8) is 0 Å². The van der Waals surface area contributed by atoms with Crippen molar-refractivity contribution < 1.29 is 14.6 Å². The van der Waals surface area contributed by atoms with Crippen LogP contribution in [0.5, 0.6) is 0 Å². The van der Waals surface area contributed by atoms with Crippen LogP contribution < -0.4 is 0 Å². The second-order valence-electron chi connectivity index (χ2n) is 4.13. The van der Waals surface area contributed by atoms with Crippen molar-refractivity contribution in [2.24, 2.45) is 0 Å². The summed E-state index contributed by atoms with van der Waals surface area (Å²) in [7, 11) is 0. The van der Waals surface area contributed by atoms with Gasteiger partial charge in [-0.15, -0.1) is 0 Å². The first-order chi connectivity index (χ1) is 10.3. The molecule has 0 aromatic heterocycles. The van der Waals surface area contributed by atoms with Crippen LogP contribution in [-0.2, 0) is 0 Å². The molecule has 1 amide bonds. The fourth-order valence-corrected chi connectivity index (χ4v) is 1.74. The molecular weight excluding hydrogens is 294 g/mol. The minimum Gasteiger partial charge on any atom is -0.312 e. The third kappa shape index (κ3) is 3.32. The highest BCUT2D eigenvalue weighted by Gasteiger charge is 2.27. The molecule has 112 valence electrons. The normalized spacial score (nSPS) is 9.41.